The van der Waals surface area contributed by atoms with Crippen molar-refractivity contribution in [3.05, 3.63) is 29.8 Å². The number of benzene rings is 1. The van der Waals surface area contributed by atoms with Crippen LogP contribution in [0.5, 0.6) is 5.75 Å². The number of hydrogen-bond donors (Lipinski definition) is 0. The van der Waals surface area contributed by atoms with Gasteiger partial charge in [-0.2, -0.15) is 0 Å². The Kier molecular flexibility index (Phi) is 7.75. The van der Waals surface area contributed by atoms with Gasteiger partial charge in [-0.3, -0.25) is 0 Å². The second kappa shape index (κ2) is 9.86. The quantitative estimate of drug-likeness (QED) is 0.607. The van der Waals surface area contributed by atoms with Gasteiger partial charge in [0.1, 0.15) is 11.9 Å². The summed E-state index contributed by atoms with van der Waals surface area (Å²) in [6, 6.07) is 8.24. The van der Waals surface area contributed by atoms with E-state index >= 15 is 0 Å². The number of rotatable bonds is 9. The van der Waals surface area contributed by atoms with Crippen molar-refractivity contribution in [3.8, 4) is 5.75 Å². The minimum absolute atomic E-state index is 0.0621. The summed E-state index contributed by atoms with van der Waals surface area (Å²) in [6.07, 6.45) is 7.48. The van der Waals surface area contributed by atoms with Crippen molar-refractivity contribution in [2.45, 2.75) is 64.6 Å². The van der Waals surface area contributed by atoms with Crippen LogP contribution in [0, 0.1) is 0 Å². The van der Waals surface area contributed by atoms with Crippen LogP contribution in [0.15, 0.2) is 24.3 Å². The number of hydrogen-bond acceptors (Lipinski definition) is 3. The zero-order valence-electron chi connectivity index (χ0n) is 14.1. The van der Waals surface area contributed by atoms with Crippen molar-refractivity contribution in [3.63, 3.8) is 0 Å². The lowest BCUT2D eigenvalue weighted by Crippen LogP contribution is -2.31. The fourth-order valence-corrected chi connectivity index (χ4v) is 2.64. The fourth-order valence-electron chi connectivity index (χ4n) is 2.64. The molecule has 0 radical (unpaired) electrons. The maximum absolute atomic E-state index is 5.98. The molecule has 2 rings (SSSR count). The van der Waals surface area contributed by atoms with Gasteiger partial charge in [-0.15, -0.1) is 0 Å². The molecule has 1 aromatic rings. The maximum atomic E-state index is 5.98. The summed E-state index contributed by atoms with van der Waals surface area (Å²) >= 11 is 0. The molecule has 1 aliphatic rings. The zero-order valence-corrected chi connectivity index (χ0v) is 14.1. The van der Waals surface area contributed by atoms with E-state index in [0.29, 0.717) is 13.2 Å². The van der Waals surface area contributed by atoms with Gasteiger partial charge in [-0.05, 0) is 30.5 Å². The third-order valence-corrected chi connectivity index (χ3v) is 4.11. The molecule has 0 bridgehead atoms. The molecule has 2 unspecified atom stereocenters. The van der Waals surface area contributed by atoms with Gasteiger partial charge in [-0.25, -0.2) is 0 Å². The molecule has 1 aliphatic heterocycles. The van der Waals surface area contributed by atoms with Crippen LogP contribution >= 0.6 is 0 Å². The zero-order chi connectivity index (χ0) is 15.6. The first kappa shape index (κ1) is 17.3. The fraction of sp³-hybridized carbons (Fsp3) is 0.684. The molecule has 1 saturated heterocycles. The smallest absolute Gasteiger partial charge is 0.119 e. The Balaban J connectivity index is 1.74. The largest absolute Gasteiger partial charge is 0.494 e. The second-order valence-corrected chi connectivity index (χ2v) is 6.04. The second-order valence-electron chi connectivity index (χ2n) is 6.04. The van der Waals surface area contributed by atoms with Gasteiger partial charge in [0.2, 0.25) is 0 Å². The van der Waals surface area contributed by atoms with Crippen molar-refractivity contribution in [1.29, 1.82) is 0 Å². The molecule has 1 heterocycles. The molecule has 22 heavy (non-hydrogen) atoms. The highest BCUT2D eigenvalue weighted by molar-refractivity contribution is 5.28. The summed E-state index contributed by atoms with van der Waals surface area (Å²) in [6.45, 7) is 6.56. The normalized spacial score (nSPS) is 21.7. The first-order valence-electron chi connectivity index (χ1n) is 8.79. The average molecular weight is 306 g/mol. The summed E-state index contributed by atoms with van der Waals surface area (Å²) in [7, 11) is 0. The van der Waals surface area contributed by atoms with E-state index in [1.807, 2.05) is 12.1 Å². The van der Waals surface area contributed by atoms with E-state index in [2.05, 4.69) is 26.0 Å². The van der Waals surface area contributed by atoms with Crippen LogP contribution in [0.2, 0.25) is 0 Å². The van der Waals surface area contributed by atoms with Gasteiger partial charge < -0.3 is 14.2 Å². The molecule has 0 N–H and O–H groups in total. The lowest BCUT2D eigenvalue weighted by Gasteiger charge is -2.30. The minimum Gasteiger partial charge on any atom is -0.494 e. The SMILES string of the molecule is CCCCCC1COC(c2ccc(OCCCC)cc2)CO1. The predicted molar refractivity (Wildman–Crippen MR) is 89.4 cm³/mol. The molecule has 3 heteroatoms. The molecular formula is C19H30O3. The van der Waals surface area contributed by atoms with E-state index in [1.165, 1.54) is 24.8 Å². The van der Waals surface area contributed by atoms with Crippen molar-refractivity contribution in [2.24, 2.45) is 0 Å². The highest BCUT2D eigenvalue weighted by atomic mass is 16.6. The summed E-state index contributed by atoms with van der Waals surface area (Å²) in [5.74, 6) is 0.936. The summed E-state index contributed by atoms with van der Waals surface area (Å²) in [5, 5.41) is 0. The van der Waals surface area contributed by atoms with Crippen molar-refractivity contribution in [2.75, 3.05) is 19.8 Å². The van der Waals surface area contributed by atoms with E-state index in [-0.39, 0.29) is 12.2 Å². The van der Waals surface area contributed by atoms with Crippen molar-refractivity contribution >= 4 is 0 Å². The molecule has 0 aliphatic carbocycles. The first-order chi connectivity index (χ1) is 10.8. The monoisotopic (exact) mass is 306 g/mol. The Morgan fingerprint density at radius 2 is 1.73 bits per heavy atom. The van der Waals surface area contributed by atoms with Gasteiger partial charge in [0, 0.05) is 0 Å². The van der Waals surface area contributed by atoms with E-state index in [0.717, 1.165) is 31.6 Å². The average Bonchev–Trinajstić information content (AvgIpc) is 2.57. The molecular weight excluding hydrogens is 276 g/mol. The van der Waals surface area contributed by atoms with Crippen molar-refractivity contribution < 1.29 is 14.2 Å². The Morgan fingerprint density at radius 1 is 0.955 bits per heavy atom. The van der Waals surface area contributed by atoms with Gasteiger partial charge >= 0.3 is 0 Å². The molecule has 1 aromatic carbocycles. The van der Waals surface area contributed by atoms with Gasteiger partial charge in [-0.1, -0.05) is 51.7 Å². The van der Waals surface area contributed by atoms with Crippen LogP contribution in [0.25, 0.3) is 0 Å². The first-order valence-corrected chi connectivity index (χ1v) is 8.79. The lowest BCUT2D eigenvalue weighted by atomic mass is 10.1. The third kappa shape index (κ3) is 5.62. The molecule has 0 spiro atoms. The van der Waals surface area contributed by atoms with E-state index in [4.69, 9.17) is 14.2 Å². The van der Waals surface area contributed by atoms with Gasteiger partial charge in [0.15, 0.2) is 0 Å². The third-order valence-electron chi connectivity index (χ3n) is 4.11. The highest BCUT2D eigenvalue weighted by Crippen LogP contribution is 2.26. The predicted octanol–water partition coefficient (Wildman–Crippen LogP) is 4.90. The summed E-state index contributed by atoms with van der Waals surface area (Å²) in [5.41, 5.74) is 1.18. The Bertz CT molecular complexity index is 394. The molecule has 0 saturated carbocycles. The number of unbranched alkanes of at least 4 members (excludes halogenated alkanes) is 3. The van der Waals surface area contributed by atoms with E-state index < -0.39 is 0 Å². The Morgan fingerprint density at radius 3 is 2.36 bits per heavy atom. The van der Waals surface area contributed by atoms with Gasteiger partial charge in [0.05, 0.1) is 25.9 Å². The Labute approximate surface area is 135 Å². The van der Waals surface area contributed by atoms with Crippen LogP contribution < -0.4 is 4.74 Å². The number of ether oxygens (including phenoxy) is 3. The molecule has 1 fully saturated rings. The Hall–Kier alpha value is -1.06. The van der Waals surface area contributed by atoms with Crippen LogP contribution in [0.4, 0.5) is 0 Å². The van der Waals surface area contributed by atoms with Crippen LogP contribution in [-0.4, -0.2) is 25.9 Å². The standard InChI is InChI=1S/C19H30O3/c1-3-5-7-8-18-14-22-19(15-21-18)16-9-11-17(12-10-16)20-13-6-4-2/h9-12,18-19H,3-8,13-15H2,1-2H3. The molecule has 0 aromatic heterocycles. The molecule has 3 nitrogen and oxygen atoms in total. The topological polar surface area (TPSA) is 27.7 Å². The van der Waals surface area contributed by atoms with E-state index in [9.17, 15) is 0 Å². The lowest BCUT2D eigenvalue weighted by molar-refractivity contribution is -0.137. The van der Waals surface area contributed by atoms with E-state index in [1.54, 1.807) is 0 Å². The van der Waals surface area contributed by atoms with Crippen LogP contribution in [0.1, 0.15) is 64.0 Å². The van der Waals surface area contributed by atoms with Gasteiger partial charge in [0.25, 0.3) is 0 Å². The van der Waals surface area contributed by atoms with Crippen molar-refractivity contribution in [1.82, 2.24) is 0 Å². The van der Waals surface area contributed by atoms with Crippen LogP contribution in [-0.2, 0) is 9.47 Å². The van der Waals surface area contributed by atoms with Crippen LogP contribution in [0.3, 0.4) is 0 Å². The molecule has 0 amide bonds. The summed E-state index contributed by atoms with van der Waals surface area (Å²) < 4.78 is 17.6. The highest BCUT2D eigenvalue weighted by Gasteiger charge is 2.23. The summed E-state index contributed by atoms with van der Waals surface area (Å²) in [4.78, 5) is 0. The molecule has 124 valence electrons. The minimum atomic E-state index is 0.0621. The maximum Gasteiger partial charge on any atom is 0.119 e. The molecule has 2 atom stereocenters.